The third-order valence-corrected chi connectivity index (χ3v) is 3.48. The molecule has 0 fully saturated rings. The van der Waals surface area contributed by atoms with E-state index in [0.717, 1.165) is 10.0 Å². The second-order valence-corrected chi connectivity index (χ2v) is 5.26. The highest BCUT2D eigenvalue weighted by molar-refractivity contribution is 9.10. The number of benzene rings is 1. The molecule has 1 unspecified atom stereocenters. The molecule has 0 bridgehead atoms. The van der Waals surface area contributed by atoms with Crippen molar-refractivity contribution in [3.63, 3.8) is 0 Å². The summed E-state index contributed by atoms with van der Waals surface area (Å²) in [5.41, 5.74) is 0.640. The highest BCUT2D eigenvalue weighted by Gasteiger charge is 2.22. The molecule has 0 radical (unpaired) electrons. The number of nitro groups is 1. The van der Waals surface area contributed by atoms with Gasteiger partial charge in [-0.15, -0.1) is 0 Å². The molecular formula is C14H11BrN4O2. The molecule has 2 aromatic rings. The molecular weight excluding hydrogens is 336 g/mol. The lowest BCUT2D eigenvalue weighted by atomic mass is 10.1. The molecule has 1 aromatic heterocycles. The Morgan fingerprint density at radius 3 is 2.62 bits per heavy atom. The van der Waals surface area contributed by atoms with Crippen molar-refractivity contribution < 1.29 is 4.92 Å². The summed E-state index contributed by atoms with van der Waals surface area (Å²) in [6, 6.07) is 10.5. The fourth-order valence-corrected chi connectivity index (χ4v) is 2.14. The van der Waals surface area contributed by atoms with E-state index in [1.165, 1.54) is 12.3 Å². The van der Waals surface area contributed by atoms with E-state index in [-0.39, 0.29) is 23.1 Å². The van der Waals surface area contributed by atoms with Crippen LogP contribution < -0.4 is 5.32 Å². The third-order valence-electron chi connectivity index (χ3n) is 2.95. The van der Waals surface area contributed by atoms with E-state index in [9.17, 15) is 10.1 Å². The molecule has 6 nitrogen and oxygen atoms in total. The highest BCUT2D eigenvalue weighted by Crippen LogP contribution is 2.29. The molecule has 0 saturated carbocycles. The van der Waals surface area contributed by atoms with E-state index < -0.39 is 4.92 Å². The minimum Gasteiger partial charge on any atom is -0.358 e. The van der Waals surface area contributed by atoms with Crippen molar-refractivity contribution in [3.8, 4) is 6.07 Å². The summed E-state index contributed by atoms with van der Waals surface area (Å²) >= 11 is 3.35. The lowest BCUT2D eigenvalue weighted by Crippen LogP contribution is -2.10. The van der Waals surface area contributed by atoms with Crippen LogP contribution in [0.4, 0.5) is 11.5 Å². The van der Waals surface area contributed by atoms with Gasteiger partial charge in [0.15, 0.2) is 0 Å². The van der Waals surface area contributed by atoms with Crippen molar-refractivity contribution in [1.82, 2.24) is 4.98 Å². The molecule has 106 valence electrons. The lowest BCUT2D eigenvalue weighted by Gasteiger charge is -2.15. The summed E-state index contributed by atoms with van der Waals surface area (Å²) in [5, 5.41) is 23.1. The van der Waals surface area contributed by atoms with Gasteiger partial charge in [-0.25, -0.2) is 4.98 Å². The monoisotopic (exact) mass is 346 g/mol. The number of pyridine rings is 1. The zero-order valence-electron chi connectivity index (χ0n) is 11.1. The van der Waals surface area contributed by atoms with Crippen LogP contribution in [-0.2, 0) is 0 Å². The van der Waals surface area contributed by atoms with Crippen molar-refractivity contribution in [1.29, 1.82) is 5.26 Å². The maximum Gasteiger partial charge on any atom is 0.328 e. The van der Waals surface area contributed by atoms with Gasteiger partial charge in [0, 0.05) is 10.7 Å². The van der Waals surface area contributed by atoms with Gasteiger partial charge in [-0.1, -0.05) is 28.1 Å². The van der Waals surface area contributed by atoms with Crippen LogP contribution in [0.3, 0.4) is 0 Å². The number of rotatable bonds is 4. The number of aromatic nitrogens is 1. The van der Waals surface area contributed by atoms with Crippen LogP contribution in [0, 0.1) is 21.4 Å². The van der Waals surface area contributed by atoms with Crippen LogP contribution in [0.25, 0.3) is 0 Å². The van der Waals surface area contributed by atoms with E-state index in [0.29, 0.717) is 0 Å². The summed E-state index contributed by atoms with van der Waals surface area (Å²) in [4.78, 5) is 14.5. The molecule has 21 heavy (non-hydrogen) atoms. The van der Waals surface area contributed by atoms with Crippen molar-refractivity contribution in [3.05, 3.63) is 62.2 Å². The third kappa shape index (κ3) is 3.35. The molecule has 0 aliphatic rings. The summed E-state index contributed by atoms with van der Waals surface area (Å²) in [6.07, 6.45) is 1.38. The molecule has 1 N–H and O–H groups in total. The van der Waals surface area contributed by atoms with Crippen molar-refractivity contribution >= 4 is 27.4 Å². The molecule has 7 heteroatoms. The smallest absolute Gasteiger partial charge is 0.328 e. The van der Waals surface area contributed by atoms with Crippen LogP contribution in [0.15, 0.2) is 41.0 Å². The van der Waals surface area contributed by atoms with Crippen LogP contribution in [0.5, 0.6) is 0 Å². The van der Waals surface area contributed by atoms with Gasteiger partial charge in [0.1, 0.15) is 11.6 Å². The first-order valence-electron chi connectivity index (χ1n) is 6.08. The predicted octanol–water partition coefficient (Wildman–Crippen LogP) is 3.80. The van der Waals surface area contributed by atoms with Gasteiger partial charge >= 0.3 is 5.69 Å². The van der Waals surface area contributed by atoms with Gasteiger partial charge < -0.3 is 5.32 Å². The first-order valence-corrected chi connectivity index (χ1v) is 6.87. The van der Waals surface area contributed by atoms with Gasteiger partial charge in [-0.05, 0) is 30.7 Å². The van der Waals surface area contributed by atoms with Crippen LogP contribution in [0.2, 0.25) is 0 Å². The average molecular weight is 347 g/mol. The summed E-state index contributed by atoms with van der Waals surface area (Å²) in [6.45, 7) is 1.87. The first kappa shape index (κ1) is 14.9. The number of hydrogen-bond donors (Lipinski definition) is 1. The Bertz CT molecular complexity index is 710. The quantitative estimate of drug-likeness (QED) is 0.671. The average Bonchev–Trinajstić information content (AvgIpc) is 2.47. The molecule has 2 rings (SSSR count). The summed E-state index contributed by atoms with van der Waals surface area (Å²) in [5.74, 6) is 0.0921. The van der Waals surface area contributed by atoms with Crippen LogP contribution >= 0.6 is 15.9 Å². The molecule has 1 atom stereocenters. The van der Waals surface area contributed by atoms with Crippen molar-refractivity contribution in [2.75, 3.05) is 5.32 Å². The lowest BCUT2D eigenvalue weighted by molar-refractivity contribution is -0.384. The number of nitriles is 1. The molecule has 0 saturated heterocycles. The van der Waals surface area contributed by atoms with Crippen LogP contribution in [-0.4, -0.2) is 9.91 Å². The van der Waals surface area contributed by atoms with Gasteiger partial charge in [-0.2, -0.15) is 5.26 Å². The Balaban J connectivity index is 2.33. The Labute approximate surface area is 129 Å². The van der Waals surface area contributed by atoms with E-state index in [2.05, 4.69) is 26.2 Å². The zero-order valence-corrected chi connectivity index (χ0v) is 12.7. The molecule has 0 aliphatic heterocycles. The molecule has 0 aliphatic carbocycles. The Hall–Kier alpha value is -2.46. The number of halogens is 1. The second kappa shape index (κ2) is 6.33. The standard InChI is InChI=1S/C14H11BrN4O2/c1-9(10-2-4-12(15)5-3-10)18-14-13(19(20)21)11(8-16)6-7-17-14/h2-7,9H,1H3,(H,17,18). The second-order valence-electron chi connectivity index (χ2n) is 4.34. The maximum atomic E-state index is 11.1. The van der Waals surface area contributed by atoms with E-state index in [1.54, 1.807) is 0 Å². The molecule has 1 heterocycles. The van der Waals surface area contributed by atoms with Gasteiger partial charge in [-0.3, -0.25) is 10.1 Å². The predicted molar refractivity (Wildman–Crippen MR) is 81.8 cm³/mol. The Morgan fingerprint density at radius 2 is 2.05 bits per heavy atom. The molecule has 0 spiro atoms. The fourth-order valence-electron chi connectivity index (χ4n) is 1.87. The highest BCUT2D eigenvalue weighted by atomic mass is 79.9. The number of hydrogen-bond acceptors (Lipinski definition) is 5. The number of anilines is 1. The van der Waals surface area contributed by atoms with E-state index in [4.69, 9.17) is 5.26 Å². The molecule has 0 amide bonds. The summed E-state index contributed by atoms with van der Waals surface area (Å²) in [7, 11) is 0. The molecule has 1 aromatic carbocycles. The Kier molecular flexibility index (Phi) is 4.50. The first-order chi connectivity index (χ1) is 10.0. The number of nitrogens with one attached hydrogen (secondary N) is 1. The van der Waals surface area contributed by atoms with Crippen molar-refractivity contribution in [2.24, 2.45) is 0 Å². The van der Waals surface area contributed by atoms with Gasteiger partial charge in [0.2, 0.25) is 5.82 Å². The Morgan fingerprint density at radius 1 is 1.38 bits per heavy atom. The fraction of sp³-hybridized carbons (Fsp3) is 0.143. The van der Waals surface area contributed by atoms with Crippen LogP contribution in [0.1, 0.15) is 24.1 Å². The van der Waals surface area contributed by atoms with Gasteiger partial charge in [0.25, 0.3) is 0 Å². The SMILES string of the molecule is CC(Nc1nccc(C#N)c1[N+](=O)[O-])c1ccc(Br)cc1. The topological polar surface area (TPSA) is 91.8 Å². The van der Waals surface area contributed by atoms with Crippen molar-refractivity contribution in [2.45, 2.75) is 13.0 Å². The largest absolute Gasteiger partial charge is 0.358 e. The van der Waals surface area contributed by atoms with E-state index in [1.807, 2.05) is 37.3 Å². The van der Waals surface area contributed by atoms with E-state index >= 15 is 0 Å². The maximum absolute atomic E-state index is 11.1. The normalized spacial score (nSPS) is 11.5. The minimum atomic E-state index is -0.595. The minimum absolute atomic E-state index is 0.0134. The zero-order chi connectivity index (χ0) is 15.4. The van der Waals surface area contributed by atoms with Gasteiger partial charge in [0.05, 0.1) is 11.0 Å². The summed E-state index contributed by atoms with van der Waals surface area (Å²) < 4.78 is 0.953. The number of nitrogens with zero attached hydrogens (tertiary/aromatic N) is 3.